The Bertz CT molecular complexity index is 529. The summed E-state index contributed by atoms with van der Waals surface area (Å²) in [6.07, 6.45) is 1.61. The maximum atomic E-state index is 6.27. The number of rotatable bonds is 6. The van der Waals surface area contributed by atoms with E-state index < -0.39 is 0 Å². The first-order valence-electron chi connectivity index (χ1n) is 5.76. The Morgan fingerprint density at radius 2 is 2.05 bits per heavy atom. The second kappa shape index (κ2) is 6.45. The molecule has 0 amide bonds. The second-order valence-electron chi connectivity index (χ2n) is 3.86. The second-order valence-corrected chi connectivity index (χ2v) is 4.23. The lowest BCUT2D eigenvalue weighted by atomic mass is 10.2. The molecule has 19 heavy (non-hydrogen) atoms. The van der Waals surface area contributed by atoms with Gasteiger partial charge in [0.1, 0.15) is 5.76 Å². The van der Waals surface area contributed by atoms with E-state index >= 15 is 0 Å². The minimum absolute atomic E-state index is 0.545. The minimum Gasteiger partial charge on any atom is -0.493 e. The van der Waals surface area contributed by atoms with E-state index in [0.717, 1.165) is 11.3 Å². The highest BCUT2D eigenvalue weighted by atomic mass is 35.5. The van der Waals surface area contributed by atoms with Gasteiger partial charge in [0.2, 0.25) is 0 Å². The van der Waals surface area contributed by atoms with E-state index in [-0.39, 0.29) is 0 Å². The normalized spacial score (nSPS) is 10.5. The number of ether oxygens (including phenoxy) is 2. The van der Waals surface area contributed by atoms with Gasteiger partial charge in [-0.05, 0) is 11.6 Å². The number of hydrogen-bond acceptors (Lipinski definition) is 5. The van der Waals surface area contributed by atoms with Gasteiger partial charge in [-0.25, -0.2) is 0 Å². The Morgan fingerprint density at radius 1 is 1.21 bits per heavy atom. The lowest BCUT2D eigenvalue weighted by Gasteiger charge is -2.12. The first-order chi connectivity index (χ1) is 9.26. The van der Waals surface area contributed by atoms with E-state index in [2.05, 4.69) is 10.5 Å². The van der Waals surface area contributed by atoms with Gasteiger partial charge in [-0.15, -0.1) is 0 Å². The first kappa shape index (κ1) is 13.7. The Balaban J connectivity index is 2.04. The predicted molar refractivity (Wildman–Crippen MR) is 71.6 cm³/mol. The molecular weight excluding hydrogens is 268 g/mol. The van der Waals surface area contributed by atoms with Crippen LogP contribution in [0.1, 0.15) is 11.3 Å². The molecule has 1 heterocycles. The highest BCUT2D eigenvalue weighted by Crippen LogP contribution is 2.37. The maximum absolute atomic E-state index is 6.27. The molecule has 6 heteroatoms. The summed E-state index contributed by atoms with van der Waals surface area (Å²) in [5, 5.41) is 7.41. The molecule has 2 rings (SSSR count). The average molecular weight is 283 g/mol. The van der Waals surface area contributed by atoms with Crippen LogP contribution in [0.4, 0.5) is 0 Å². The summed E-state index contributed by atoms with van der Waals surface area (Å²) in [4.78, 5) is 0. The van der Waals surface area contributed by atoms with Gasteiger partial charge in [-0.2, -0.15) is 0 Å². The molecule has 0 aliphatic rings. The number of nitrogens with zero attached hydrogens (tertiary/aromatic N) is 1. The van der Waals surface area contributed by atoms with E-state index in [1.165, 1.54) is 0 Å². The first-order valence-corrected chi connectivity index (χ1v) is 6.13. The largest absolute Gasteiger partial charge is 0.493 e. The van der Waals surface area contributed by atoms with Crippen LogP contribution in [0.3, 0.4) is 0 Å². The van der Waals surface area contributed by atoms with Gasteiger partial charge in [-0.3, -0.25) is 0 Å². The molecule has 2 aromatic rings. The molecule has 0 radical (unpaired) electrons. The molecule has 0 spiro atoms. The Hall–Kier alpha value is -1.72. The zero-order valence-corrected chi connectivity index (χ0v) is 11.5. The molecule has 0 atom stereocenters. The number of benzene rings is 1. The van der Waals surface area contributed by atoms with Crippen LogP contribution in [0.2, 0.25) is 5.02 Å². The number of hydrogen-bond donors (Lipinski definition) is 1. The van der Waals surface area contributed by atoms with E-state index in [0.29, 0.717) is 29.6 Å². The van der Waals surface area contributed by atoms with Crippen molar-refractivity contribution in [3.8, 4) is 11.5 Å². The molecule has 0 saturated carbocycles. The smallest absolute Gasteiger partial charge is 0.179 e. The lowest BCUT2D eigenvalue weighted by Crippen LogP contribution is -2.12. The SMILES string of the molecule is COc1ccc(CNCc2ccno2)c(Cl)c1OC. The zero-order valence-electron chi connectivity index (χ0n) is 10.8. The minimum atomic E-state index is 0.545. The Labute approximate surface area is 116 Å². The van der Waals surface area contributed by atoms with Crippen molar-refractivity contribution in [2.24, 2.45) is 0 Å². The van der Waals surface area contributed by atoms with Crippen LogP contribution < -0.4 is 14.8 Å². The molecule has 0 saturated heterocycles. The third-order valence-electron chi connectivity index (χ3n) is 2.67. The van der Waals surface area contributed by atoms with Crippen molar-refractivity contribution in [2.45, 2.75) is 13.1 Å². The molecule has 1 N–H and O–H groups in total. The summed E-state index contributed by atoms with van der Waals surface area (Å²) < 4.78 is 15.4. The molecule has 0 aliphatic heterocycles. The molecule has 5 nitrogen and oxygen atoms in total. The quantitative estimate of drug-likeness (QED) is 0.883. The highest BCUT2D eigenvalue weighted by Gasteiger charge is 2.12. The maximum Gasteiger partial charge on any atom is 0.179 e. The van der Waals surface area contributed by atoms with Crippen LogP contribution in [0, 0.1) is 0 Å². The summed E-state index contributed by atoms with van der Waals surface area (Å²) in [6.45, 7) is 1.19. The summed E-state index contributed by atoms with van der Waals surface area (Å²) in [6, 6.07) is 5.54. The van der Waals surface area contributed by atoms with Crippen molar-refractivity contribution >= 4 is 11.6 Å². The van der Waals surface area contributed by atoms with E-state index in [4.69, 9.17) is 25.6 Å². The molecule has 0 aliphatic carbocycles. The average Bonchev–Trinajstić information content (AvgIpc) is 2.93. The third-order valence-corrected chi connectivity index (χ3v) is 3.09. The van der Waals surface area contributed by atoms with Gasteiger partial charge >= 0.3 is 0 Å². The molecule has 1 aromatic carbocycles. The van der Waals surface area contributed by atoms with Crippen molar-refractivity contribution in [2.75, 3.05) is 14.2 Å². The van der Waals surface area contributed by atoms with Gasteiger partial charge in [0.15, 0.2) is 11.5 Å². The molecule has 0 unspecified atom stereocenters. The molecule has 0 fully saturated rings. The van der Waals surface area contributed by atoms with E-state index in [1.54, 1.807) is 20.4 Å². The van der Waals surface area contributed by atoms with Crippen LogP contribution in [0.15, 0.2) is 28.9 Å². The van der Waals surface area contributed by atoms with Crippen LogP contribution in [-0.2, 0) is 13.1 Å². The van der Waals surface area contributed by atoms with Crippen LogP contribution >= 0.6 is 11.6 Å². The van der Waals surface area contributed by atoms with Gasteiger partial charge in [-0.1, -0.05) is 22.8 Å². The molecular formula is C13H15ClN2O3. The number of methoxy groups -OCH3 is 2. The van der Waals surface area contributed by atoms with Crippen molar-refractivity contribution in [1.82, 2.24) is 10.5 Å². The van der Waals surface area contributed by atoms with Gasteiger partial charge in [0.05, 0.1) is 32.0 Å². The monoisotopic (exact) mass is 282 g/mol. The van der Waals surface area contributed by atoms with E-state index in [1.807, 2.05) is 18.2 Å². The van der Waals surface area contributed by atoms with Crippen molar-refractivity contribution in [1.29, 1.82) is 0 Å². The summed E-state index contributed by atoms with van der Waals surface area (Å²) in [5.41, 5.74) is 0.929. The van der Waals surface area contributed by atoms with Crippen LogP contribution in [0.5, 0.6) is 11.5 Å². The lowest BCUT2D eigenvalue weighted by molar-refractivity contribution is 0.354. The number of halogens is 1. The van der Waals surface area contributed by atoms with E-state index in [9.17, 15) is 0 Å². The van der Waals surface area contributed by atoms with Gasteiger partial charge < -0.3 is 19.3 Å². The fraction of sp³-hybridized carbons (Fsp3) is 0.308. The van der Waals surface area contributed by atoms with Gasteiger partial charge in [0.25, 0.3) is 0 Å². The van der Waals surface area contributed by atoms with Crippen molar-refractivity contribution in [3.05, 3.63) is 40.7 Å². The third kappa shape index (κ3) is 3.19. The molecule has 1 aromatic heterocycles. The summed E-state index contributed by atoms with van der Waals surface area (Å²) in [7, 11) is 3.14. The number of nitrogens with one attached hydrogen (secondary N) is 1. The molecule has 102 valence electrons. The standard InChI is InChI=1S/C13H15ClN2O3/c1-17-11-4-3-9(12(14)13(11)18-2)7-15-8-10-5-6-16-19-10/h3-6,15H,7-8H2,1-2H3. The zero-order chi connectivity index (χ0) is 13.7. The summed E-state index contributed by atoms with van der Waals surface area (Å²) in [5.74, 6) is 1.94. The number of aromatic nitrogens is 1. The van der Waals surface area contributed by atoms with Gasteiger partial charge in [0, 0.05) is 12.6 Å². The van der Waals surface area contributed by atoms with Crippen LogP contribution in [0.25, 0.3) is 0 Å². The fourth-order valence-electron chi connectivity index (χ4n) is 1.72. The summed E-state index contributed by atoms with van der Waals surface area (Å²) >= 11 is 6.27. The topological polar surface area (TPSA) is 56.5 Å². The predicted octanol–water partition coefficient (Wildman–Crippen LogP) is 2.64. The van der Waals surface area contributed by atoms with Crippen molar-refractivity contribution in [3.63, 3.8) is 0 Å². The highest BCUT2D eigenvalue weighted by molar-refractivity contribution is 6.33. The Kier molecular flexibility index (Phi) is 4.65. The Morgan fingerprint density at radius 3 is 2.68 bits per heavy atom. The van der Waals surface area contributed by atoms with Crippen molar-refractivity contribution < 1.29 is 14.0 Å². The van der Waals surface area contributed by atoms with Crippen LogP contribution in [-0.4, -0.2) is 19.4 Å². The fourth-order valence-corrected chi connectivity index (χ4v) is 2.02. The molecule has 0 bridgehead atoms.